The number of rotatable bonds is 5. The first kappa shape index (κ1) is 27.8. The molecule has 0 saturated heterocycles. The van der Waals surface area contributed by atoms with Crippen molar-refractivity contribution in [3.05, 3.63) is 56.5 Å². The van der Waals surface area contributed by atoms with E-state index in [1.807, 2.05) is 0 Å². The van der Waals surface area contributed by atoms with E-state index in [4.69, 9.17) is 22.4 Å². The van der Waals surface area contributed by atoms with Gasteiger partial charge in [-0.25, -0.2) is 18.6 Å². The van der Waals surface area contributed by atoms with E-state index < -0.39 is 10.2 Å². The molecule has 0 unspecified atom stereocenters. The first-order valence-electron chi connectivity index (χ1n) is 7.31. The van der Waals surface area contributed by atoms with E-state index in [0.717, 1.165) is 8.95 Å². The maximum atomic E-state index is 9.67. The van der Waals surface area contributed by atoms with Crippen LogP contribution in [0, 0.1) is 10.2 Å². The quantitative estimate of drug-likeness (QED) is 0.340. The number of aliphatic imine (C=N–C) groups is 2. The summed E-state index contributed by atoms with van der Waals surface area (Å²) in [5, 5.41) is 19.3. The molecule has 0 heterocycles. The van der Waals surface area contributed by atoms with Gasteiger partial charge in [0.05, 0.1) is 13.1 Å². The molecule has 0 atom stereocenters. The molecule has 0 aromatic heterocycles. The van der Waals surface area contributed by atoms with Gasteiger partial charge in [-0.2, -0.15) is 0 Å². The minimum absolute atomic E-state index is 0.189. The summed E-state index contributed by atoms with van der Waals surface area (Å²) in [6.45, 7) is 0.994. The summed E-state index contributed by atoms with van der Waals surface area (Å²) < 4.78 is 43.9. The van der Waals surface area contributed by atoms with E-state index in [1.54, 1.807) is 48.8 Å². The summed E-state index contributed by atoms with van der Waals surface area (Å²) in [5.74, 6) is 0.379. The van der Waals surface area contributed by atoms with Gasteiger partial charge in [0, 0.05) is 32.5 Å². The van der Waals surface area contributed by atoms with Crippen molar-refractivity contribution in [2.24, 2.45) is 9.98 Å². The molecule has 9 nitrogen and oxygen atoms in total. The van der Waals surface area contributed by atoms with E-state index in [2.05, 4.69) is 41.8 Å². The second-order valence-corrected chi connectivity index (χ2v) is 7.44. The van der Waals surface area contributed by atoms with Crippen molar-refractivity contribution >= 4 is 44.3 Å². The molecule has 0 bridgehead atoms. The molecular formula is C16H14Br2ClCrN2O7-. The van der Waals surface area contributed by atoms with E-state index >= 15 is 0 Å². The van der Waals surface area contributed by atoms with Crippen LogP contribution in [0.3, 0.4) is 0 Å². The van der Waals surface area contributed by atoms with Gasteiger partial charge in [0.15, 0.2) is 0 Å². The van der Waals surface area contributed by atoms with Crippen LogP contribution in [-0.2, 0) is 20.0 Å². The van der Waals surface area contributed by atoms with Crippen molar-refractivity contribution < 1.29 is 59.1 Å². The Balaban J connectivity index is 0.000000977. The zero-order chi connectivity index (χ0) is 22.4. The normalized spacial score (nSPS) is 11.0. The number of hydrogen-bond acceptors (Lipinski definition) is 9. The second kappa shape index (κ2) is 14.7. The Bertz CT molecular complexity index is 768. The number of aromatic hydroxyl groups is 2. The van der Waals surface area contributed by atoms with Crippen molar-refractivity contribution in [1.29, 1.82) is 0 Å². The first-order valence-corrected chi connectivity index (χ1v) is 10.7. The molecule has 0 radical (unpaired) electrons. The molecule has 0 amide bonds. The van der Waals surface area contributed by atoms with Gasteiger partial charge in [0.1, 0.15) is 11.5 Å². The van der Waals surface area contributed by atoms with Gasteiger partial charge in [0.25, 0.3) is 0 Å². The predicted molar refractivity (Wildman–Crippen MR) is 97.2 cm³/mol. The Morgan fingerprint density at radius 1 is 0.828 bits per heavy atom. The third-order valence-electron chi connectivity index (χ3n) is 2.80. The van der Waals surface area contributed by atoms with Gasteiger partial charge in [0.2, 0.25) is 0 Å². The Labute approximate surface area is 193 Å². The van der Waals surface area contributed by atoms with E-state index in [-0.39, 0.29) is 11.5 Å². The van der Waals surface area contributed by atoms with Gasteiger partial charge >= 0.3 is 20.0 Å². The molecule has 0 aliphatic heterocycles. The number of phenolic OH excluding ortho intramolecular Hbond substituents is 2. The van der Waals surface area contributed by atoms with Crippen LogP contribution in [0.1, 0.15) is 11.1 Å². The van der Waals surface area contributed by atoms with Crippen LogP contribution in [0.15, 0.2) is 55.3 Å². The van der Waals surface area contributed by atoms with Crippen LogP contribution in [0.2, 0.25) is 0 Å². The zero-order valence-corrected chi connectivity index (χ0v) is 19.6. The Kier molecular flexibility index (Phi) is 14.1. The fraction of sp³-hybridized carbons (Fsp3) is 0.125. The van der Waals surface area contributed by atoms with Crippen LogP contribution in [0.25, 0.3) is 0 Å². The van der Waals surface area contributed by atoms with Crippen molar-refractivity contribution in [1.82, 2.24) is 0 Å². The summed E-state index contributed by atoms with van der Waals surface area (Å²) in [6, 6.07) is 10.3. The fourth-order valence-electron chi connectivity index (χ4n) is 1.70. The second-order valence-electron chi connectivity index (χ2n) is 4.85. The number of nitrogens with zero attached hydrogens (tertiary/aromatic N) is 2. The topological polar surface area (TPSA) is 174 Å². The van der Waals surface area contributed by atoms with Crippen molar-refractivity contribution in [2.45, 2.75) is 0 Å². The van der Waals surface area contributed by atoms with E-state index in [1.165, 1.54) is 16.2 Å². The summed E-state index contributed by atoms with van der Waals surface area (Å²) in [7, 11) is -4.94. The SMILES string of the molecule is Oc1ccc(Br)cc1C=NCCN=Cc1cc(Br)ccc1O.[O-][Cl+3]([O-])([O-])[O-].[O]=[Cr]. The minimum atomic E-state index is -4.94. The Morgan fingerprint density at radius 2 is 1.14 bits per heavy atom. The van der Waals surface area contributed by atoms with E-state index in [9.17, 15) is 10.2 Å². The summed E-state index contributed by atoms with van der Waals surface area (Å²) >= 11 is 8.06. The number of phenols is 2. The molecule has 2 N–H and O–H groups in total. The Morgan fingerprint density at radius 3 is 1.45 bits per heavy atom. The van der Waals surface area contributed by atoms with Gasteiger partial charge in [-0.15, -0.1) is 10.2 Å². The molecular weight excluding hydrogens is 579 g/mol. The zero-order valence-electron chi connectivity index (χ0n) is 14.4. The number of hydrogen-bond donors (Lipinski definition) is 2. The predicted octanol–water partition coefficient (Wildman–Crippen LogP) is -0.717. The van der Waals surface area contributed by atoms with Crippen molar-refractivity contribution in [3.8, 4) is 11.5 Å². The standard InChI is InChI=1S/C16H14Br2N2O2.ClHO4.Cr.O/c17-13-1-3-15(21)11(7-13)9-19-5-6-20-10-12-8-14(18)2-4-16(12)22;2-1(3,4)5;;/h1-4,7-10,21-22H,5-6H2;(H,2,3,4,5);;/p-1. The monoisotopic (exact) mass is 591 g/mol. The molecule has 0 aliphatic rings. The van der Waals surface area contributed by atoms with Crippen molar-refractivity contribution in [3.63, 3.8) is 0 Å². The summed E-state index contributed by atoms with van der Waals surface area (Å²) in [6.07, 6.45) is 3.23. The molecule has 2 aromatic carbocycles. The van der Waals surface area contributed by atoms with Gasteiger partial charge < -0.3 is 10.2 Å². The number of halogens is 3. The van der Waals surface area contributed by atoms with Crippen molar-refractivity contribution in [2.75, 3.05) is 13.1 Å². The van der Waals surface area contributed by atoms with Gasteiger partial charge in [-0.3, -0.25) is 9.98 Å². The average Bonchev–Trinajstić information content (AvgIpc) is 2.64. The molecule has 0 spiro atoms. The van der Waals surface area contributed by atoms with Crippen LogP contribution in [0.5, 0.6) is 11.5 Å². The van der Waals surface area contributed by atoms with E-state index in [0.29, 0.717) is 24.2 Å². The third-order valence-corrected chi connectivity index (χ3v) is 3.78. The molecule has 2 rings (SSSR count). The van der Waals surface area contributed by atoms with Gasteiger partial charge in [-0.1, -0.05) is 31.9 Å². The molecule has 13 heteroatoms. The van der Waals surface area contributed by atoms with Crippen LogP contribution in [0.4, 0.5) is 0 Å². The summed E-state index contributed by atoms with van der Waals surface area (Å²) in [5.41, 5.74) is 1.31. The molecule has 29 heavy (non-hydrogen) atoms. The van der Waals surface area contributed by atoms with Crippen LogP contribution in [-0.4, -0.2) is 35.7 Å². The molecule has 0 fully saturated rings. The van der Waals surface area contributed by atoms with Crippen LogP contribution < -0.4 is 18.6 Å². The molecule has 0 aliphatic carbocycles. The first-order chi connectivity index (χ1) is 13.6. The van der Waals surface area contributed by atoms with Crippen LogP contribution >= 0.6 is 31.9 Å². The molecule has 0 saturated carbocycles. The fourth-order valence-corrected chi connectivity index (χ4v) is 2.46. The molecule has 158 valence electrons. The molecule has 2 aromatic rings. The number of benzene rings is 2. The summed E-state index contributed by atoms with van der Waals surface area (Å²) in [4.78, 5) is 8.45. The average molecular weight is 594 g/mol. The Hall–Kier alpha value is -1.20. The maximum absolute atomic E-state index is 9.67. The van der Waals surface area contributed by atoms with Gasteiger partial charge in [-0.05, 0) is 36.4 Å². The third kappa shape index (κ3) is 14.4.